The summed E-state index contributed by atoms with van der Waals surface area (Å²) >= 11 is 5.05. The molecule has 0 fully saturated rings. The first kappa shape index (κ1) is 13.5. The molecule has 0 aromatic carbocycles. The van der Waals surface area contributed by atoms with Crippen molar-refractivity contribution in [3.63, 3.8) is 0 Å². The molecule has 0 atom stereocenters. The summed E-state index contributed by atoms with van der Waals surface area (Å²) in [6.07, 6.45) is 2.61. The van der Waals surface area contributed by atoms with E-state index in [4.69, 9.17) is 18.0 Å². The van der Waals surface area contributed by atoms with E-state index in [2.05, 4.69) is 20.8 Å². The first-order chi connectivity index (χ1) is 8.24. The third-order valence-corrected chi connectivity index (χ3v) is 2.26. The van der Waals surface area contributed by atoms with Crippen LogP contribution in [0.3, 0.4) is 0 Å². The number of aromatic nitrogens is 1. The normalized spacial score (nSPS) is 11.1. The first-order valence-corrected chi connectivity index (χ1v) is 5.84. The predicted octanol–water partition coefficient (Wildman–Crippen LogP) is 0.618. The van der Waals surface area contributed by atoms with Crippen LogP contribution in [0, 0.1) is 0 Å². The molecule has 1 rings (SSSR count). The summed E-state index contributed by atoms with van der Waals surface area (Å²) in [4.78, 5) is 4.18. The van der Waals surface area contributed by atoms with Gasteiger partial charge in [-0.1, -0.05) is 6.07 Å². The smallest absolute Gasteiger partial charge is 0.186 e. The maximum absolute atomic E-state index is 5.37. The molecule has 6 heteroatoms. The zero-order chi connectivity index (χ0) is 12.5. The number of nitrogens with zero attached hydrogens (tertiary/aromatic N) is 2. The van der Waals surface area contributed by atoms with Crippen LogP contribution in [0.15, 0.2) is 29.5 Å². The Morgan fingerprint density at radius 2 is 2.35 bits per heavy atom. The van der Waals surface area contributed by atoms with Gasteiger partial charge in [0.1, 0.15) is 0 Å². The summed E-state index contributed by atoms with van der Waals surface area (Å²) in [5, 5.41) is 7.64. The van der Waals surface area contributed by atoms with E-state index in [0.29, 0.717) is 11.7 Å². The second-order valence-electron chi connectivity index (χ2n) is 3.42. The van der Waals surface area contributed by atoms with Crippen molar-refractivity contribution in [2.45, 2.75) is 13.3 Å². The third kappa shape index (κ3) is 5.37. The molecule has 5 nitrogen and oxygen atoms in total. The van der Waals surface area contributed by atoms with Crippen molar-refractivity contribution in [1.82, 2.24) is 15.7 Å². The molecular weight excluding hydrogens is 234 g/mol. The summed E-state index contributed by atoms with van der Waals surface area (Å²) in [7, 11) is 0. The van der Waals surface area contributed by atoms with Crippen molar-refractivity contribution in [3.8, 4) is 0 Å². The number of nitrogens with two attached hydrogens (primary N) is 1. The molecule has 4 N–H and O–H groups in total. The van der Waals surface area contributed by atoms with E-state index in [1.54, 1.807) is 6.20 Å². The molecule has 1 aromatic rings. The summed E-state index contributed by atoms with van der Waals surface area (Å²) < 4.78 is 0. The molecule has 0 aliphatic heterocycles. The summed E-state index contributed by atoms with van der Waals surface area (Å²) in [6.45, 7) is 3.27. The van der Waals surface area contributed by atoms with Crippen LogP contribution >= 0.6 is 12.2 Å². The van der Waals surface area contributed by atoms with E-state index in [-0.39, 0.29) is 0 Å². The van der Waals surface area contributed by atoms with Crippen LogP contribution in [0.5, 0.6) is 0 Å². The van der Waals surface area contributed by atoms with Gasteiger partial charge in [-0.15, -0.1) is 0 Å². The monoisotopic (exact) mass is 251 g/mol. The van der Waals surface area contributed by atoms with Crippen molar-refractivity contribution < 1.29 is 0 Å². The number of hydrogen-bond donors (Lipinski definition) is 3. The Balaban J connectivity index is 2.40. The molecular formula is C11H17N5S. The van der Waals surface area contributed by atoms with Crippen LogP contribution < -0.4 is 16.5 Å². The van der Waals surface area contributed by atoms with E-state index in [1.165, 1.54) is 0 Å². The lowest BCUT2D eigenvalue weighted by Crippen LogP contribution is -2.34. The van der Waals surface area contributed by atoms with E-state index in [9.17, 15) is 0 Å². The number of rotatable bonds is 5. The van der Waals surface area contributed by atoms with Gasteiger partial charge in [0, 0.05) is 12.7 Å². The lowest BCUT2D eigenvalue weighted by molar-refractivity contribution is 0.770. The maximum Gasteiger partial charge on any atom is 0.186 e. The van der Waals surface area contributed by atoms with Gasteiger partial charge in [-0.05, 0) is 44.2 Å². The van der Waals surface area contributed by atoms with Gasteiger partial charge in [0.25, 0.3) is 0 Å². The highest BCUT2D eigenvalue weighted by Gasteiger charge is 1.97. The largest absolute Gasteiger partial charge is 0.361 e. The molecule has 0 amide bonds. The van der Waals surface area contributed by atoms with E-state index in [0.717, 1.165) is 24.4 Å². The molecule has 17 heavy (non-hydrogen) atoms. The van der Waals surface area contributed by atoms with Crippen LogP contribution in [0.1, 0.15) is 19.0 Å². The third-order valence-electron chi connectivity index (χ3n) is 2.03. The Labute approximate surface area is 107 Å². The fourth-order valence-corrected chi connectivity index (χ4v) is 1.26. The number of thiocarbonyl (C=S) groups is 1. The zero-order valence-electron chi connectivity index (χ0n) is 9.81. The Morgan fingerprint density at radius 3 is 3.00 bits per heavy atom. The second kappa shape index (κ2) is 7.70. The molecule has 1 heterocycles. The molecule has 0 aliphatic rings. The fourth-order valence-electron chi connectivity index (χ4n) is 1.11. The predicted molar refractivity (Wildman–Crippen MR) is 73.9 cm³/mol. The molecule has 0 unspecified atom stereocenters. The number of nitrogens with one attached hydrogen (secondary N) is 2. The molecule has 0 saturated heterocycles. The molecule has 0 radical (unpaired) electrons. The second-order valence-corrected chi connectivity index (χ2v) is 3.83. The summed E-state index contributed by atoms with van der Waals surface area (Å²) in [6, 6.07) is 5.67. The number of hydrogen-bond acceptors (Lipinski definition) is 4. The fraction of sp³-hybridized carbons (Fsp3) is 0.364. The molecule has 0 aliphatic carbocycles. The SMILES string of the molecule is CC(=NNC(=S)NCCCN)c1ccccn1. The van der Waals surface area contributed by atoms with Crippen molar-refractivity contribution in [2.24, 2.45) is 10.8 Å². The van der Waals surface area contributed by atoms with Crippen molar-refractivity contribution in [1.29, 1.82) is 0 Å². The lowest BCUT2D eigenvalue weighted by atomic mass is 10.3. The molecule has 92 valence electrons. The Bertz CT molecular complexity index is 377. The standard InChI is InChI=1S/C11H17N5S/c1-9(10-5-2-3-7-13-10)15-16-11(17)14-8-4-6-12/h2-3,5,7H,4,6,8,12H2,1H3,(H2,14,16,17). The summed E-state index contributed by atoms with van der Waals surface area (Å²) in [5.41, 5.74) is 9.75. The minimum absolute atomic E-state index is 0.494. The minimum Gasteiger partial charge on any atom is -0.361 e. The van der Waals surface area contributed by atoms with E-state index in [1.807, 2.05) is 25.1 Å². The average Bonchev–Trinajstić information content (AvgIpc) is 2.37. The highest BCUT2D eigenvalue weighted by Crippen LogP contribution is 1.94. The highest BCUT2D eigenvalue weighted by molar-refractivity contribution is 7.80. The number of hydrazone groups is 1. The Kier molecular flexibility index (Phi) is 6.13. The molecule has 0 bridgehead atoms. The Hall–Kier alpha value is -1.53. The van der Waals surface area contributed by atoms with Gasteiger partial charge in [0.2, 0.25) is 0 Å². The lowest BCUT2D eigenvalue weighted by Gasteiger charge is -2.06. The first-order valence-electron chi connectivity index (χ1n) is 5.43. The summed E-state index contributed by atoms with van der Waals surface area (Å²) in [5.74, 6) is 0. The van der Waals surface area contributed by atoms with Gasteiger partial charge in [-0.25, -0.2) is 0 Å². The topological polar surface area (TPSA) is 75.3 Å². The van der Waals surface area contributed by atoms with Crippen LogP contribution in [-0.2, 0) is 0 Å². The van der Waals surface area contributed by atoms with Crippen LogP contribution in [0.25, 0.3) is 0 Å². The number of pyridine rings is 1. The molecule has 0 spiro atoms. The van der Waals surface area contributed by atoms with E-state index < -0.39 is 0 Å². The minimum atomic E-state index is 0.494. The molecule has 1 aromatic heterocycles. The molecule has 0 saturated carbocycles. The van der Waals surface area contributed by atoms with Crippen LogP contribution in [-0.4, -0.2) is 28.9 Å². The van der Waals surface area contributed by atoms with Crippen molar-refractivity contribution in [3.05, 3.63) is 30.1 Å². The van der Waals surface area contributed by atoms with Crippen molar-refractivity contribution in [2.75, 3.05) is 13.1 Å². The quantitative estimate of drug-likeness (QED) is 0.309. The van der Waals surface area contributed by atoms with Gasteiger partial charge in [0.15, 0.2) is 5.11 Å². The van der Waals surface area contributed by atoms with Crippen molar-refractivity contribution >= 4 is 23.0 Å². The van der Waals surface area contributed by atoms with Gasteiger partial charge < -0.3 is 11.1 Å². The Morgan fingerprint density at radius 1 is 1.53 bits per heavy atom. The maximum atomic E-state index is 5.37. The van der Waals surface area contributed by atoms with Crippen LogP contribution in [0.2, 0.25) is 0 Å². The zero-order valence-corrected chi connectivity index (χ0v) is 10.6. The van der Waals surface area contributed by atoms with Crippen LogP contribution in [0.4, 0.5) is 0 Å². The average molecular weight is 251 g/mol. The van der Waals surface area contributed by atoms with Gasteiger partial charge in [-0.2, -0.15) is 5.10 Å². The van der Waals surface area contributed by atoms with Gasteiger partial charge >= 0.3 is 0 Å². The van der Waals surface area contributed by atoms with Gasteiger partial charge in [0.05, 0.1) is 11.4 Å². The van der Waals surface area contributed by atoms with E-state index >= 15 is 0 Å². The van der Waals surface area contributed by atoms with Gasteiger partial charge in [-0.3, -0.25) is 10.4 Å². The highest BCUT2D eigenvalue weighted by atomic mass is 32.1.